The largest absolute Gasteiger partial charge is 0.392 e. The van der Waals surface area contributed by atoms with Gasteiger partial charge in [0, 0.05) is 25.2 Å². The standard InChI is InChI=1S/C17H24O3/c1-3-4-5-11(2)16(19)7-6-14-15-10-13(18)8-12(15)9-17(14)20/h6-7,11-12,14-17,19-20H,5,8-10H2,1-2H3/b7-6+/t11?,12-,14-,15-,16+,17+/m0/s1. The summed E-state index contributed by atoms with van der Waals surface area (Å²) >= 11 is 0. The molecule has 2 N–H and O–H groups in total. The number of ketones is 1. The number of rotatable bonds is 4. The van der Waals surface area contributed by atoms with Gasteiger partial charge in [0.2, 0.25) is 0 Å². The summed E-state index contributed by atoms with van der Waals surface area (Å²) in [7, 11) is 0. The molecule has 1 unspecified atom stereocenters. The van der Waals surface area contributed by atoms with E-state index in [4.69, 9.17) is 0 Å². The molecule has 110 valence electrons. The Hall–Kier alpha value is -1.11. The first-order valence-electron chi connectivity index (χ1n) is 7.48. The fourth-order valence-corrected chi connectivity index (χ4v) is 3.50. The predicted molar refractivity (Wildman–Crippen MR) is 77.7 cm³/mol. The molecule has 0 radical (unpaired) electrons. The lowest BCUT2D eigenvalue weighted by Gasteiger charge is -2.18. The van der Waals surface area contributed by atoms with Crippen LogP contribution >= 0.6 is 0 Å². The third-order valence-corrected chi connectivity index (χ3v) is 4.76. The number of aliphatic hydroxyl groups is 2. The highest BCUT2D eigenvalue weighted by Gasteiger charge is 2.46. The Morgan fingerprint density at radius 1 is 1.45 bits per heavy atom. The van der Waals surface area contributed by atoms with Crippen LogP contribution in [0.15, 0.2) is 12.2 Å². The van der Waals surface area contributed by atoms with E-state index in [2.05, 4.69) is 11.8 Å². The molecular weight excluding hydrogens is 252 g/mol. The van der Waals surface area contributed by atoms with Crippen LogP contribution in [0.2, 0.25) is 0 Å². The van der Waals surface area contributed by atoms with Crippen LogP contribution < -0.4 is 0 Å². The van der Waals surface area contributed by atoms with Crippen LogP contribution in [-0.2, 0) is 4.79 Å². The number of aliphatic hydroxyl groups excluding tert-OH is 2. The number of hydrogen-bond donors (Lipinski definition) is 2. The highest BCUT2D eigenvalue weighted by Crippen LogP contribution is 2.46. The topological polar surface area (TPSA) is 57.5 Å². The highest BCUT2D eigenvalue weighted by molar-refractivity contribution is 5.81. The minimum atomic E-state index is -0.542. The van der Waals surface area contributed by atoms with Gasteiger partial charge in [0.1, 0.15) is 5.78 Å². The van der Waals surface area contributed by atoms with Crippen molar-refractivity contribution in [2.45, 2.75) is 51.7 Å². The molecule has 0 bridgehead atoms. The molecule has 3 nitrogen and oxygen atoms in total. The summed E-state index contributed by atoms with van der Waals surface area (Å²) in [5.74, 6) is 6.83. The Kier molecular flexibility index (Phi) is 5.01. The molecule has 0 spiro atoms. The fourth-order valence-electron chi connectivity index (χ4n) is 3.50. The van der Waals surface area contributed by atoms with Gasteiger partial charge in [-0.3, -0.25) is 4.79 Å². The van der Waals surface area contributed by atoms with E-state index in [-0.39, 0.29) is 23.9 Å². The van der Waals surface area contributed by atoms with Crippen LogP contribution in [0.25, 0.3) is 0 Å². The van der Waals surface area contributed by atoms with Gasteiger partial charge >= 0.3 is 0 Å². The SMILES string of the molecule is CC#CCC(C)[C@H](O)/C=C/[C@H]1[C@H]2CC(=O)C[C@H]2C[C@H]1O. The van der Waals surface area contributed by atoms with E-state index in [1.807, 2.05) is 13.0 Å². The maximum Gasteiger partial charge on any atom is 0.133 e. The second-order valence-corrected chi connectivity index (χ2v) is 6.23. The minimum Gasteiger partial charge on any atom is -0.392 e. The molecule has 2 aliphatic rings. The van der Waals surface area contributed by atoms with Gasteiger partial charge < -0.3 is 10.2 Å². The van der Waals surface area contributed by atoms with Gasteiger partial charge in [-0.05, 0) is 31.1 Å². The van der Waals surface area contributed by atoms with E-state index in [9.17, 15) is 15.0 Å². The summed E-state index contributed by atoms with van der Waals surface area (Å²) < 4.78 is 0. The second-order valence-electron chi connectivity index (χ2n) is 6.23. The van der Waals surface area contributed by atoms with Crippen molar-refractivity contribution in [2.24, 2.45) is 23.7 Å². The summed E-state index contributed by atoms with van der Waals surface area (Å²) in [6, 6.07) is 0. The average Bonchev–Trinajstić information content (AvgIpc) is 2.88. The van der Waals surface area contributed by atoms with E-state index in [1.165, 1.54) is 0 Å². The number of carbonyl (C=O) groups excluding carboxylic acids is 1. The van der Waals surface area contributed by atoms with Crippen molar-refractivity contribution in [3.63, 3.8) is 0 Å². The Morgan fingerprint density at radius 3 is 2.90 bits per heavy atom. The molecule has 0 aromatic rings. The average molecular weight is 276 g/mol. The van der Waals surface area contributed by atoms with Crippen molar-refractivity contribution in [3.05, 3.63) is 12.2 Å². The van der Waals surface area contributed by atoms with Gasteiger partial charge in [-0.15, -0.1) is 11.8 Å². The van der Waals surface area contributed by atoms with Crippen molar-refractivity contribution in [3.8, 4) is 11.8 Å². The van der Waals surface area contributed by atoms with E-state index in [1.54, 1.807) is 13.0 Å². The molecular formula is C17H24O3. The maximum atomic E-state index is 11.5. The summed E-state index contributed by atoms with van der Waals surface area (Å²) in [5.41, 5.74) is 0. The van der Waals surface area contributed by atoms with Crippen LogP contribution in [0.5, 0.6) is 0 Å². The summed E-state index contributed by atoms with van der Waals surface area (Å²) in [5, 5.41) is 20.2. The Bertz CT molecular complexity index is 443. The summed E-state index contributed by atoms with van der Waals surface area (Å²) in [4.78, 5) is 11.5. The lowest BCUT2D eigenvalue weighted by Crippen LogP contribution is -2.20. The monoisotopic (exact) mass is 276 g/mol. The van der Waals surface area contributed by atoms with Crippen molar-refractivity contribution < 1.29 is 15.0 Å². The predicted octanol–water partition coefficient (Wildman–Crippen LogP) is 1.93. The first kappa shape index (κ1) is 15.3. The molecule has 0 aliphatic heterocycles. The Labute approximate surface area is 121 Å². The maximum absolute atomic E-state index is 11.5. The smallest absolute Gasteiger partial charge is 0.133 e. The highest BCUT2D eigenvalue weighted by atomic mass is 16.3. The molecule has 3 heteroatoms. The number of hydrogen-bond acceptors (Lipinski definition) is 3. The lowest BCUT2D eigenvalue weighted by atomic mass is 9.90. The molecule has 0 amide bonds. The van der Waals surface area contributed by atoms with E-state index in [0.29, 0.717) is 31.0 Å². The van der Waals surface area contributed by atoms with Gasteiger partial charge in [0.25, 0.3) is 0 Å². The van der Waals surface area contributed by atoms with E-state index >= 15 is 0 Å². The van der Waals surface area contributed by atoms with Crippen LogP contribution in [0.3, 0.4) is 0 Å². The molecule has 0 aromatic carbocycles. The number of fused-ring (bicyclic) bond motifs is 1. The van der Waals surface area contributed by atoms with Gasteiger partial charge in [-0.25, -0.2) is 0 Å². The van der Waals surface area contributed by atoms with Gasteiger partial charge in [0.15, 0.2) is 0 Å². The van der Waals surface area contributed by atoms with Crippen molar-refractivity contribution in [2.75, 3.05) is 0 Å². The quantitative estimate of drug-likeness (QED) is 0.609. The molecule has 2 fully saturated rings. The zero-order valence-corrected chi connectivity index (χ0v) is 12.2. The molecule has 0 saturated heterocycles. The number of Topliss-reactive ketones (excluding diaryl/α,β-unsaturated/α-hetero) is 1. The molecule has 6 atom stereocenters. The van der Waals surface area contributed by atoms with Crippen LogP contribution in [-0.4, -0.2) is 28.2 Å². The zero-order chi connectivity index (χ0) is 14.7. The van der Waals surface area contributed by atoms with E-state index in [0.717, 1.165) is 6.42 Å². The summed E-state index contributed by atoms with van der Waals surface area (Å²) in [6.45, 7) is 3.76. The van der Waals surface area contributed by atoms with Crippen LogP contribution in [0.1, 0.15) is 39.5 Å². The Morgan fingerprint density at radius 2 is 2.20 bits per heavy atom. The van der Waals surface area contributed by atoms with E-state index < -0.39 is 6.10 Å². The molecule has 2 saturated carbocycles. The second kappa shape index (κ2) is 6.56. The van der Waals surface area contributed by atoms with Crippen molar-refractivity contribution in [1.29, 1.82) is 0 Å². The van der Waals surface area contributed by atoms with Gasteiger partial charge in [-0.1, -0.05) is 19.1 Å². The third-order valence-electron chi connectivity index (χ3n) is 4.76. The van der Waals surface area contributed by atoms with Gasteiger partial charge in [-0.2, -0.15) is 0 Å². The van der Waals surface area contributed by atoms with Crippen LogP contribution in [0, 0.1) is 35.5 Å². The molecule has 0 aromatic heterocycles. The lowest BCUT2D eigenvalue weighted by molar-refractivity contribution is -0.118. The fraction of sp³-hybridized carbons (Fsp3) is 0.706. The number of carbonyl (C=O) groups is 1. The van der Waals surface area contributed by atoms with Gasteiger partial charge in [0.05, 0.1) is 12.2 Å². The van der Waals surface area contributed by atoms with Crippen LogP contribution in [0.4, 0.5) is 0 Å². The van der Waals surface area contributed by atoms with Crippen molar-refractivity contribution in [1.82, 2.24) is 0 Å². The normalized spacial score (nSPS) is 35.7. The Balaban J connectivity index is 1.95. The zero-order valence-electron chi connectivity index (χ0n) is 12.2. The first-order chi connectivity index (χ1) is 9.52. The first-order valence-corrected chi connectivity index (χ1v) is 7.48. The molecule has 20 heavy (non-hydrogen) atoms. The third kappa shape index (κ3) is 3.31. The van der Waals surface area contributed by atoms with Crippen molar-refractivity contribution >= 4 is 5.78 Å². The summed E-state index contributed by atoms with van der Waals surface area (Å²) in [6.07, 6.45) is 5.39. The molecule has 0 heterocycles. The molecule has 2 aliphatic carbocycles. The molecule has 2 rings (SSSR count). The minimum absolute atomic E-state index is 0.0190.